The average molecular weight is 236 g/mol. The minimum absolute atomic E-state index is 0.138. The van der Waals surface area contributed by atoms with Crippen LogP contribution in [0.2, 0.25) is 0 Å². The summed E-state index contributed by atoms with van der Waals surface area (Å²) in [5.41, 5.74) is 2.00. The first-order valence-corrected chi connectivity index (χ1v) is 6.37. The van der Waals surface area contributed by atoms with Gasteiger partial charge in [0, 0.05) is 30.9 Å². The van der Waals surface area contributed by atoms with Gasteiger partial charge < -0.3 is 10.2 Å². The molecular formula is C14H21FN2. The summed E-state index contributed by atoms with van der Waals surface area (Å²) in [7, 11) is 0. The van der Waals surface area contributed by atoms with E-state index in [-0.39, 0.29) is 5.82 Å². The topological polar surface area (TPSA) is 15.3 Å². The van der Waals surface area contributed by atoms with Crippen LogP contribution in [0.1, 0.15) is 25.8 Å². The minimum Gasteiger partial charge on any atom is -0.366 e. The van der Waals surface area contributed by atoms with Crippen LogP contribution in [0.25, 0.3) is 0 Å². The molecule has 1 aromatic carbocycles. The molecule has 2 atom stereocenters. The van der Waals surface area contributed by atoms with Crippen LogP contribution in [-0.4, -0.2) is 25.2 Å². The lowest BCUT2D eigenvalue weighted by atomic mass is 10.1. The lowest BCUT2D eigenvalue weighted by Crippen LogP contribution is -2.55. The van der Waals surface area contributed by atoms with Crippen LogP contribution in [0, 0.1) is 12.7 Å². The third-order valence-corrected chi connectivity index (χ3v) is 3.44. The smallest absolute Gasteiger partial charge is 0.125 e. The SMILES string of the molecule is CCC1CNC(C)CN1c1cc(C)cc(F)c1. The fraction of sp³-hybridized carbons (Fsp3) is 0.571. The molecule has 2 nitrogen and oxygen atoms in total. The number of aryl methyl sites for hydroxylation is 1. The molecule has 1 N–H and O–H groups in total. The molecule has 0 saturated carbocycles. The molecule has 0 aliphatic carbocycles. The summed E-state index contributed by atoms with van der Waals surface area (Å²) in [6.45, 7) is 8.22. The lowest BCUT2D eigenvalue weighted by Gasteiger charge is -2.40. The Morgan fingerprint density at radius 2 is 2.18 bits per heavy atom. The number of nitrogens with one attached hydrogen (secondary N) is 1. The molecule has 1 aromatic rings. The Kier molecular flexibility index (Phi) is 3.67. The Morgan fingerprint density at radius 1 is 1.41 bits per heavy atom. The summed E-state index contributed by atoms with van der Waals surface area (Å²) in [6.07, 6.45) is 1.08. The van der Waals surface area contributed by atoms with E-state index in [0.717, 1.165) is 30.8 Å². The van der Waals surface area contributed by atoms with Crippen LogP contribution in [0.4, 0.5) is 10.1 Å². The van der Waals surface area contributed by atoms with Crippen molar-refractivity contribution in [2.75, 3.05) is 18.0 Å². The maximum atomic E-state index is 13.5. The van der Waals surface area contributed by atoms with Gasteiger partial charge in [-0.2, -0.15) is 0 Å². The minimum atomic E-state index is -0.138. The number of halogens is 1. The number of benzene rings is 1. The van der Waals surface area contributed by atoms with Crippen LogP contribution in [0.3, 0.4) is 0 Å². The van der Waals surface area contributed by atoms with E-state index in [4.69, 9.17) is 0 Å². The van der Waals surface area contributed by atoms with Gasteiger partial charge in [0.15, 0.2) is 0 Å². The Labute approximate surface area is 103 Å². The third kappa shape index (κ3) is 2.78. The molecule has 0 radical (unpaired) electrons. The van der Waals surface area contributed by atoms with Crippen molar-refractivity contribution in [1.29, 1.82) is 0 Å². The highest BCUT2D eigenvalue weighted by molar-refractivity contribution is 5.50. The summed E-state index contributed by atoms with van der Waals surface area (Å²) >= 11 is 0. The molecule has 0 amide bonds. The standard InChI is InChI=1S/C14H21FN2/c1-4-13-8-16-11(3)9-17(13)14-6-10(2)5-12(15)7-14/h5-7,11,13,16H,4,8-9H2,1-3H3. The van der Waals surface area contributed by atoms with Crippen molar-refractivity contribution in [3.63, 3.8) is 0 Å². The van der Waals surface area contributed by atoms with Crippen LogP contribution in [0.5, 0.6) is 0 Å². The van der Waals surface area contributed by atoms with Gasteiger partial charge in [-0.1, -0.05) is 6.92 Å². The van der Waals surface area contributed by atoms with E-state index >= 15 is 0 Å². The highest BCUT2D eigenvalue weighted by atomic mass is 19.1. The Bertz CT molecular complexity index is 372. The fourth-order valence-electron chi connectivity index (χ4n) is 2.52. The van der Waals surface area contributed by atoms with Crippen molar-refractivity contribution in [2.24, 2.45) is 0 Å². The molecule has 2 unspecified atom stereocenters. The zero-order valence-corrected chi connectivity index (χ0v) is 10.8. The van der Waals surface area contributed by atoms with Gasteiger partial charge in [0.2, 0.25) is 0 Å². The lowest BCUT2D eigenvalue weighted by molar-refractivity contribution is 0.402. The number of nitrogens with zero attached hydrogens (tertiary/aromatic N) is 1. The Morgan fingerprint density at radius 3 is 2.82 bits per heavy atom. The van der Waals surface area contributed by atoms with E-state index in [9.17, 15) is 4.39 Å². The second-order valence-corrected chi connectivity index (χ2v) is 5.01. The molecule has 1 heterocycles. The van der Waals surface area contributed by atoms with Crippen LogP contribution in [0.15, 0.2) is 18.2 Å². The molecule has 1 aliphatic rings. The predicted octanol–water partition coefficient (Wildman–Crippen LogP) is 2.71. The Hall–Kier alpha value is -1.09. The van der Waals surface area contributed by atoms with Gasteiger partial charge in [0.05, 0.1) is 0 Å². The summed E-state index contributed by atoms with van der Waals surface area (Å²) < 4.78 is 13.5. The zero-order valence-electron chi connectivity index (χ0n) is 10.8. The van der Waals surface area contributed by atoms with Gasteiger partial charge in [-0.3, -0.25) is 0 Å². The van der Waals surface area contributed by atoms with Crippen molar-refractivity contribution in [3.8, 4) is 0 Å². The first-order chi connectivity index (χ1) is 8.10. The molecule has 1 saturated heterocycles. The Balaban J connectivity index is 2.28. The largest absolute Gasteiger partial charge is 0.366 e. The maximum Gasteiger partial charge on any atom is 0.125 e. The molecule has 0 aromatic heterocycles. The molecule has 94 valence electrons. The van der Waals surface area contributed by atoms with Gasteiger partial charge in [-0.05, 0) is 44.0 Å². The molecule has 0 bridgehead atoms. The average Bonchev–Trinajstić information content (AvgIpc) is 2.27. The van der Waals surface area contributed by atoms with Gasteiger partial charge in [0.25, 0.3) is 0 Å². The number of hydrogen-bond acceptors (Lipinski definition) is 2. The second-order valence-electron chi connectivity index (χ2n) is 5.01. The quantitative estimate of drug-likeness (QED) is 0.849. The molecule has 2 rings (SSSR count). The molecule has 1 fully saturated rings. The number of piperazine rings is 1. The van der Waals surface area contributed by atoms with Crippen molar-refractivity contribution in [2.45, 2.75) is 39.3 Å². The third-order valence-electron chi connectivity index (χ3n) is 3.44. The van der Waals surface area contributed by atoms with E-state index in [1.807, 2.05) is 6.92 Å². The monoisotopic (exact) mass is 236 g/mol. The van der Waals surface area contributed by atoms with E-state index in [1.165, 1.54) is 0 Å². The van der Waals surface area contributed by atoms with Gasteiger partial charge in [-0.15, -0.1) is 0 Å². The molecule has 17 heavy (non-hydrogen) atoms. The molecule has 1 aliphatic heterocycles. The number of hydrogen-bond donors (Lipinski definition) is 1. The highest BCUT2D eigenvalue weighted by Gasteiger charge is 2.24. The van der Waals surface area contributed by atoms with Gasteiger partial charge >= 0.3 is 0 Å². The summed E-state index contributed by atoms with van der Waals surface area (Å²) in [4.78, 5) is 2.33. The maximum absolute atomic E-state index is 13.5. The molecular weight excluding hydrogens is 215 g/mol. The fourth-order valence-corrected chi connectivity index (χ4v) is 2.52. The highest BCUT2D eigenvalue weighted by Crippen LogP contribution is 2.23. The number of anilines is 1. The van der Waals surface area contributed by atoms with Crippen molar-refractivity contribution < 1.29 is 4.39 Å². The van der Waals surface area contributed by atoms with Crippen molar-refractivity contribution in [3.05, 3.63) is 29.6 Å². The van der Waals surface area contributed by atoms with Crippen molar-refractivity contribution in [1.82, 2.24) is 5.32 Å². The normalized spacial score (nSPS) is 25.1. The molecule has 0 spiro atoms. The summed E-state index contributed by atoms with van der Waals surface area (Å²) in [6, 6.07) is 6.22. The summed E-state index contributed by atoms with van der Waals surface area (Å²) in [5.74, 6) is -0.138. The summed E-state index contributed by atoms with van der Waals surface area (Å²) in [5, 5.41) is 3.48. The van der Waals surface area contributed by atoms with Crippen LogP contribution in [-0.2, 0) is 0 Å². The van der Waals surface area contributed by atoms with E-state index in [1.54, 1.807) is 12.1 Å². The number of rotatable bonds is 2. The van der Waals surface area contributed by atoms with E-state index in [2.05, 4.69) is 30.1 Å². The van der Waals surface area contributed by atoms with Crippen molar-refractivity contribution >= 4 is 5.69 Å². The van der Waals surface area contributed by atoms with E-state index in [0.29, 0.717) is 12.1 Å². The predicted molar refractivity (Wildman–Crippen MR) is 70.0 cm³/mol. The zero-order chi connectivity index (χ0) is 12.4. The first-order valence-electron chi connectivity index (χ1n) is 6.37. The molecule has 3 heteroatoms. The van der Waals surface area contributed by atoms with Crippen LogP contribution >= 0.6 is 0 Å². The van der Waals surface area contributed by atoms with Gasteiger partial charge in [-0.25, -0.2) is 4.39 Å². The van der Waals surface area contributed by atoms with Gasteiger partial charge in [0.1, 0.15) is 5.82 Å². The second kappa shape index (κ2) is 5.05. The van der Waals surface area contributed by atoms with E-state index < -0.39 is 0 Å². The first kappa shape index (κ1) is 12.4. The van der Waals surface area contributed by atoms with Crippen LogP contribution < -0.4 is 10.2 Å².